The fourth-order valence-electron chi connectivity index (χ4n) is 2.53. The Morgan fingerprint density at radius 3 is 2.57 bits per heavy atom. The van der Waals surface area contributed by atoms with Crippen molar-refractivity contribution in [2.24, 2.45) is 5.92 Å². The van der Waals surface area contributed by atoms with Gasteiger partial charge in [0.2, 0.25) is 6.10 Å². The minimum absolute atomic E-state index is 0.299. The Kier molecular flexibility index (Phi) is 5.97. The van der Waals surface area contributed by atoms with Gasteiger partial charge < -0.3 is 14.2 Å². The smallest absolute Gasteiger partial charge is 0.348 e. The molecule has 0 bridgehead atoms. The van der Waals surface area contributed by atoms with Gasteiger partial charge >= 0.3 is 17.9 Å². The van der Waals surface area contributed by atoms with Gasteiger partial charge in [-0.2, -0.15) is 0 Å². The van der Waals surface area contributed by atoms with Gasteiger partial charge in [-0.1, -0.05) is 20.4 Å². The number of carbonyl (C=O) groups is 3. The summed E-state index contributed by atoms with van der Waals surface area (Å²) in [6.07, 6.45) is 1.40. The molecule has 1 aliphatic rings. The number of cyclic esters (lactones) is 1. The fourth-order valence-corrected chi connectivity index (χ4v) is 2.53. The van der Waals surface area contributed by atoms with E-state index in [0.29, 0.717) is 19.3 Å². The van der Waals surface area contributed by atoms with Crippen LogP contribution in [0.25, 0.3) is 0 Å². The van der Waals surface area contributed by atoms with Crippen LogP contribution in [0, 0.1) is 5.92 Å². The van der Waals surface area contributed by atoms with Crippen LogP contribution in [0.2, 0.25) is 0 Å². The maximum Gasteiger partial charge on any atom is 0.348 e. The van der Waals surface area contributed by atoms with E-state index in [1.807, 2.05) is 6.92 Å². The summed E-state index contributed by atoms with van der Waals surface area (Å²) in [4.78, 5) is 35.3. The van der Waals surface area contributed by atoms with Crippen molar-refractivity contribution in [3.8, 4) is 0 Å². The van der Waals surface area contributed by atoms with Gasteiger partial charge in [0.25, 0.3) is 0 Å². The first-order valence-corrected chi connectivity index (χ1v) is 7.80. The van der Waals surface area contributed by atoms with Gasteiger partial charge in [-0.25, -0.2) is 9.59 Å². The Balaban J connectivity index is 2.64. The molecule has 0 aromatic carbocycles. The van der Waals surface area contributed by atoms with E-state index in [4.69, 9.17) is 14.2 Å². The Labute approximate surface area is 137 Å². The molecule has 3 atom stereocenters. The van der Waals surface area contributed by atoms with E-state index < -0.39 is 41.1 Å². The van der Waals surface area contributed by atoms with Crippen LogP contribution in [0.4, 0.5) is 0 Å². The molecule has 1 saturated heterocycles. The van der Waals surface area contributed by atoms with Crippen LogP contribution in [0.1, 0.15) is 53.9 Å². The summed E-state index contributed by atoms with van der Waals surface area (Å²) in [6.45, 7) is 12.2. The monoisotopic (exact) mass is 326 g/mol. The van der Waals surface area contributed by atoms with E-state index in [1.165, 1.54) is 0 Å². The molecule has 1 rings (SSSR count). The molecule has 1 aliphatic heterocycles. The molecule has 3 unspecified atom stereocenters. The third-order valence-corrected chi connectivity index (χ3v) is 3.98. The Morgan fingerprint density at radius 2 is 2.13 bits per heavy atom. The third-order valence-electron chi connectivity index (χ3n) is 3.98. The molecule has 0 spiro atoms. The summed E-state index contributed by atoms with van der Waals surface area (Å²) in [6, 6.07) is 0. The number of carbonyl (C=O) groups excluding carboxylic acids is 3. The van der Waals surface area contributed by atoms with Crippen molar-refractivity contribution >= 4 is 17.9 Å². The molecular weight excluding hydrogens is 300 g/mol. The summed E-state index contributed by atoms with van der Waals surface area (Å²) in [5.41, 5.74) is -1.41. The lowest BCUT2D eigenvalue weighted by Gasteiger charge is -2.30. The highest BCUT2D eigenvalue weighted by Crippen LogP contribution is 2.30. The summed E-state index contributed by atoms with van der Waals surface area (Å²) in [7, 11) is 0. The van der Waals surface area contributed by atoms with E-state index >= 15 is 0 Å². The maximum absolute atomic E-state index is 12.2. The van der Waals surface area contributed by atoms with Crippen LogP contribution in [0.5, 0.6) is 0 Å². The summed E-state index contributed by atoms with van der Waals surface area (Å²) in [5.74, 6) is -2.07. The number of esters is 3. The van der Waals surface area contributed by atoms with Crippen LogP contribution in [-0.4, -0.2) is 35.2 Å². The van der Waals surface area contributed by atoms with E-state index in [0.717, 1.165) is 6.08 Å². The first kappa shape index (κ1) is 19.2. The van der Waals surface area contributed by atoms with Crippen molar-refractivity contribution in [3.05, 3.63) is 12.7 Å². The number of rotatable bonds is 7. The predicted octanol–water partition coefficient (Wildman–Crippen LogP) is 2.55. The van der Waals surface area contributed by atoms with E-state index in [9.17, 15) is 14.4 Å². The average molecular weight is 326 g/mol. The van der Waals surface area contributed by atoms with Gasteiger partial charge in [0.15, 0.2) is 0 Å². The van der Waals surface area contributed by atoms with Crippen LogP contribution in [0.3, 0.4) is 0 Å². The molecule has 0 saturated carbocycles. The normalized spacial score (nSPS) is 23.3. The molecule has 6 nitrogen and oxygen atoms in total. The number of hydrogen-bond donors (Lipinski definition) is 0. The highest BCUT2D eigenvalue weighted by molar-refractivity contribution is 5.82. The molecule has 0 N–H and O–H groups in total. The molecule has 0 amide bonds. The van der Waals surface area contributed by atoms with Gasteiger partial charge in [-0.05, 0) is 33.6 Å². The maximum atomic E-state index is 12.2. The largest absolute Gasteiger partial charge is 0.457 e. The molecule has 0 aliphatic carbocycles. The Morgan fingerprint density at radius 1 is 1.52 bits per heavy atom. The molecule has 23 heavy (non-hydrogen) atoms. The van der Waals surface area contributed by atoms with Crippen molar-refractivity contribution in [2.45, 2.75) is 71.2 Å². The zero-order valence-corrected chi connectivity index (χ0v) is 14.5. The molecule has 6 heteroatoms. The van der Waals surface area contributed by atoms with Crippen molar-refractivity contribution in [3.63, 3.8) is 0 Å². The lowest BCUT2D eigenvalue weighted by molar-refractivity contribution is -0.167. The van der Waals surface area contributed by atoms with Gasteiger partial charge in [0.1, 0.15) is 11.2 Å². The van der Waals surface area contributed by atoms with Crippen LogP contribution < -0.4 is 0 Å². The molecule has 1 fully saturated rings. The lowest BCUT2D eigenvalue weighted by atomic mass is 9.90. The molecule has 0 aromatic rings. The molecule has 0 aromatic heterocycles. The first-order chi connectivity index (χ1) is 10.5. The van der Waals surface area contributed by atoms with E-state index in [2.05, 4.69) is 6.58 Å². The Bertz CT molecular complexity index is 495. The summed E-state index contributed by atoms with van der Waals surface area (Å²) < 4.78 is 15.7. The molecule has 0 radical (unpaired) electrons. The molecule has 130 valence electrons. The van der Waals surface area contributed by atoms with Gasteiger partial charge in [-0.15, -0.1) is 0 Å². The standard InChI is InChI=1S/C17H26O6/c1-7-13(18)22-17(6,8-2)9-11(3)14(19)21-12-10-16(4,5)23-15(12)20/h7,11-12H,1,8-10H2,2-6H3. The van der Waals surface area contributed by atoms with Gasteiger partial charge in [-0.3, -0.25) is 4.79 Å². The van der Waals surface area contributed by atoms with Crippen LogP contribution in [0.15, 0.2) is 12.7 Å². The summed E-state index contributed by atoms with van der Waals surface area (Å²) >= 11 is 0. The van der Waals surface area contributed by atoms with E-state index in [1.54, 1.807) is 27.7 Å². The van der Waals surface area contributed by atoms with Gasteiger partial charge in [0, 0.05) is 12.5 Å². The third kappa shape index (κ3) is 5.37. The number of hydrogen-bond acceptors (Lipinski definition) is 6. The SMILES string of the molecule is C=CC(=O)OC(C)(CC)CC(C)C(=O)OC1CC(C)(C)OC1=O. The van der Waals surface area contributed by atoms with Crippen molar-refractivity contribution in [1.82, 2.24) is 0 Å². The highest BCUT2D eigenvalue weighted by atomic mass is 16.6. The summed E-state index contributed by atoms with van der Waals surface area (Å²) in [5, 5.41) is 0. The van der Waals surface area contributed by atoms with Crippen molar-refractivity contribution < 1.29 is 28.6 Å². The topological polar surface area (TPSA) is 78.9 Å². The van der Waals surface area contributed by atoms with Crippen LogP contribution in [-0.2, 0) is 28.6 Å². The molecule has 1 heterocycles. The second-order valence-electron chi connectivity index (χ2n) is 6.84. The lowest BCUT2D eigenvalue weighted by Crippen LogP contribution is -2.36. The van der Waals surface area contributed by atoms with Crippen molar-refractivity contribution in [1.29, 1.82) is 0 Å². The minimum atomic E-state index is -0.872. The predicted molar refractivity (Wildman–Crippen MR) is 83.4 cm³/mol. The average Bonchev–Trinajstić information content (AvgIpc) is 2.70. The first-order valence-electron chi connectivity index (χ1n) is 7.80. The van der Waals surface area contributed by atoms with Crippen molar-refractivity contribution in [2.75, 3.05) is 0 Å². The van der Waals surface area contributed by atoms with Crippen LogP contribution >= 0.6 is 0 Å². The van der Waals surface area contributed by atoms with E-state index in [-0.39, 0.29) is 0 Å². The second-order valence-corrected chi connectivity index (χ2v) is 6.84. The molecular formula is C17H26O6. The van der Waals surface area contributed by atoms with Gasteiger partial charge in [0.05, 0.1) is 5.92 Å². The quantitative estimate of drug-likeness (QED) is 0.406. The Hall–Kier alpha value is -1.85. The fraction of sp³-hybridized carbons (Fsp3) is 0.706. The highest BCUT2D eigenvalue weighted by Gasteiger charge is 2.43. The minimum Gasteiger partial charge on any atom is -0.457 e. The zero-order valence-electron chi connectivity index (χ0n) is 14.5. The zero-order chi connectivity index (χ0) is 17.8. The number of ether oxygens (including phenoxy) is 3. The second kappa shape index (κ2) is 7.15.